The lowest BCUT2D eigenvalue weighted by atomic mass is 9.75. The van der Waals surface area contributed by atoms with Gasteiger partial charge in [0.1, 0.15) is 27.6 Å². The minimum absolute atomic E-state index is 0.389. The summed E-state index contributed by atoms with van der Waals surface area (Å²) in [7, 11) is 3.32. The number of aliphatic imine (C=N–C) groups is 1. The molecule has 0 saturated heterocycles. The minimum Gasteiger partial charge on any atom is -0.497 e. The quantitative estimate of drug-likeness (QED) is 0.381. The summed E-state index contributed by atoms with van der Waals surface area (Å²) in [5.41, 5.74) is 0.990. The summed E-state index contributed by atoms with van der Waals surface area (Å²) in [6, 6.07) is 16.4. The lowest BCUT2D eigenvalue weighted by Gasteiger charge is -2.42. The zero-order chi connectivity index (χ0) is 23.3. The minimum atomic E-state index is -0.623. The molecular formula is C26H29N3O3S. The number of allylic oxidation sites excluding steroid dienone is 1. The van der Waals surface area contributed by atoms with Gasteiger partial charge in [-0.15, -0.1) is 4.37 Å². The molecule has 7 heteroatoms. The number of benzene rings is 2. The molecule has 0 spiro atoms. The van der Waals surface area contributed by atoms with E-state index in [1.165, 1.54) is 11.5 Å². The Bertz CT molecular complexity index is 1110. The molecule has 0 fully saturated rings. The first-order chi connectivity index (χ1) is 16.0. The van der Waals surface area contributed by atoms with Crippen molar-refractivity contribution in [2.75, 3.05) is 14.2 Å². The number of hydrogen-bond donors (Lipinski definition) is 0. The summed E-state index contributed by atoms with van der Waals surface area (Å²) < 4.78 is 22.1. The maximum Gasteiger partial charge on any atom is 0.329 e. The molecule has 1 aromatic heterocycles. The predicted molar refractivity (Wildman–Crippen MR) is 133 cm³/mol. The van der Waals surface area contributed by atoms with Crippen LogP contribution in [0.25, 0.3) is 10.6 Å². The van der Waals surface area contributed by atoms with Crippen molar-refractivity contribution >= 4 is 17.7 Å². The Labute approximate surface area is 199 Å². The van der Waals surface area contributed by atoms with Gasteiger partial charge in [0.2, 0.25) is 0 Å². The molecule has 0 aliphatic carbocycles. The standard InChI is InChI=1S/C26H29N3O3S/c1-5-26(25(2)13-9-15-27-25,14-12-19-16-21(30-3)18-22(17-19)31-4)32-24-28-23(33-29-24)20-10-7-6-8-11-20/h6-11,13,15-18H,5,12,14H2,1-4H3. The zero-order valence-corrected chi connectivity index (χ0v) is 20.3. The first-order valence-corrected chi connectivity index (χ1v) is 11.8. The van der Waals surface area contributed by atoms with Crippen LogP contribution in [0, 0.1) is 0 Å². The van der Waals surface area contributed by atoms with Crippen molar-refractivity contribution in [1.82, 2.24) is 9.36 Å². The van der Waals surface area contributed by atoms with E-state index < -0.39 is 11.1 Å². The Kier molecular flexibility index (Phi) is 6.79. The molecule has 2 unspecified atom stereocenters. The summed E-state index contributed by atoms with van der Waals surface area (Å²) in [6.07, 6.45) is 8.14. The number of nitrogens with zero attached hydrogens (tertiary/aromatic N) is 3. The highest BCUT2D eigenvalue weighted by atomic mass is 32.1. The fourth-order valence-corrected chi connectivity index (χ4v) is 4.84. The summed E-state index contributed by atoms with van der Waals surface area (Å²) in [5, 5.41) is 0.837. The summed E-state index contributed by atoms with van der Waals surface area (Å²) in [6.45, 7) is 4.23. The van der Waals surface area contributed by atoms with E-state index in [0.717, 1.165) is 46.9 Å². The lowest BCUT2D eigenvalue weighted by Crippen LogP contribution is -2.53. The van der Waals surface area contributed by atoms with Gasteiger partial charge in [0, 0.05) is 17.8 Å². The second-order valence-corrected chi connectivity index (χ2v) is 8.96. The Morgan fingerprint density at radius 2 is 1.76 bits per heavy atom. The van der Waals surface area contributed by atoms with Gasteiger partial charge >= 0.3 is 6.01 Å². The van der Waals surface area contributed by atoms with Crippen LogP contribution in [0.4, 0.5) is 0 Å². The van der Waals surface area contributed by atoms with Crippen molar-refractivity contribution in [3.8, 4) is 28.1 Å². The molecule has 172 valence electrons. The van der Waals surface area contributed by atoms with Gasteiger partial charge in [0.25, 0.3) is 0 Å². The van der Waals surface area contributed by atoms with E-state index in [0.29, 0.717) is 6.01 Å². The second-order valence-electron chi connectivity index (χ2n) is 8.20. The molecule has 0 amide bonds. The Morgan fingerprint density at radius 1 is 1.03 bits per heavy atom. The van der Waals surface area contributed by atoms with Gasteiger partial charge in [-0.1, -0.05) is 43.3 Å². The van der Waals surface area contributed by atoms with Gasteiger partial charge in [0.15, 0.2) is 0 Å². The van der Waals surface area contributed by atoms with Crippen molar-refractivity contribution in [3.63, 3.8) is 0 Å². The highest BCUT2D eigenvalue weighted by Crippen LogP contribution is 2.41. The molecule has 4 rings (SSSR count). The fraction of sp³-hybridized carbons (Fsp3) is 0.346. The molecule has 2 heterocycles. The van der Waals surface area contributed by atoms with Crippen molar-refractivity contribution in [1.29, 1.82) is 0 Å². The van der Waals surface area contributed by atoms with Gasteiger partial charge in [-0.3, -0.25) is 4.99 Å². The third-order valence-corrected chi connectivity index (χ3v) is 7.03. The molecule has 33 heavy (non-hydrogen) atoms. The van der Waals surface area contributed by atoms with E-state index in [4.69, 9.17) is 24.2 Å². The van der Waals surface area contributed by atoms with Crippen LogP contribution in [-0.4, -0.2) is 40.9 Å². The molecule has 0 saturated carbocycles. The van der Waals surface area contributed by atoms with Crippen molar-refractivity contribution < 1.29 is 14.2 Å². The molecular weight excluding hydrogens is 434 g/mol. The van der Waals surface area contributed by atoms with E-state index in [1.807, 2.05) is 60.8 Å². The van der Waals surface area contributed by atoms with Crippen LogP contribution in [0.2, 0.25) is 0 Å². The van der Waals surface area contributed by atoms with Gasteiger partial charge < -0.3 is 14.2 Å². The van der Waals surface area contributed by atoms with E-state index in [2.05, 4.69) is 24.3 Å². The Hall–Kier alpha value is -3.19. The van der Waals surface area contributed by atoms with Gasteiger partial charge in [-0.25, -0.2) is 0 Å². The third-order valence-electron chi connectivity index (χ3n) is 6.29. The molecule has 1 aliphatic heterocycles. The molecule has 6 nitrogen and oxygen atoms in total. The van der Waals surface area contributed by atoms with E-state index in [-0.39, 0.29) is 0 Å². The fourth-order valence-electron chi connectivity index (χ4n) is 4.24. The van der Waals surface area contributed by atoms with Gasteiger partial charge in [0.05, 0.1) is 14.2 Å². The maximum atomic E-state index is 6.64. The average molecular weight is 464 g/mol. The van der Waals surface area contributed by atoms with E-state index in [1.54, 1.807) is 14.2 Å². The van der Waals surface area contributed by atoms with Crippen LogP contribution in [0.3, 0.4) is 0 Å². The zero-order valence-electron chi connectivity index (χ0n) is 19.4. The van der Waals surface area contributed by atoms with E-state index >= 15 is 0 Å². The van der Waals surface area contributed by atoms with Crippen LogP contribution < -0.4 is 14.2 Å². The Balaban J connectivity index is 1.63. The molecule has 1 aliphatic rings. The molecule has 0 bridgehead atoms. The SMILES string of the molecule is CCC(CCc1cc(OC)cc(OC)c1)(Oc1nsc(-c2ccccc2)n1)C1(C)C=CC=N1. The molecule has 0 N–H and O–H groups in total. The van der Waals surface area contributed by atoms with E-state index in [9.17, 15) is 0 Å². The summed E-state index contributed by atoms with van der Waals surface area (Å²) in [4.78, 5) is 9.48. The third kappa shape index (κ3) is 4.78. The number of ether oxygens (including phenoxy) is 3. The Morgan fingerprint density at radius 3 is 2.36 bits per heavy atom. The summed E-state index contributed by atoms with van der Waals surface area (Å²) >= 11 is 1.34. The lowest BCUT2D eigenvalue weighted by molar-refractivity contribution is 0.000221. The molecule has 3 aromatic rings. The highest BCUT2D eigenvalue weighted by molar-refractivity contribution is 7.09. The molecule has 0 radical (unpaired) electrons. The van der Waals surface area contributed by atoms with Crippen LogP contribution in [-0.2, 0) is 6.42 Å². The van der Waals surface area contributed by atoms with Crippen LogP contribution in [0.15, 0.2) is 65.7 Å². The molecule has 2 aromatic carbocycles. The van der Waals surface area contributed by atoms with Crippen LogP contribution in [0.1, 0.15) is 32.3 Å². The average Bonchev–Trinajstić information content (AvgIpc) is 3.52. The predicted octanol–water partition coefficient (Wildman–Crippen LogP) is 5.78. The van der Waals surface area contributed by atoms with Crippen molar-refractivity contribution in [2.24, 2.45) is 4.99 Å². The topological polar surface area (TPSA) is 65.8 Å². The first kappa shape index (κ1) is 23.0. The first-order valence-electron chi connectivity index (χ1n) is 11.0. The van der Waals surface area contributed by atoms with Crippen molar-refractivity contribution in [3.05, 3.63) is 66.2 Å². The smallest absolute Gasteiger partial charge is 0.329 e. The van der Waals surface area contributed by atoms with Crippen LogP contribution in [0.5, 0.6) is 17.5 Å². The highest BCUT2D eigenvalue weighted by Gasteiger charge is 2.49. The monoisotopic (exact) mass is 463 g/mol. The summed E-state index contributed by atoms with van der Waals surface area (Å²) in [5.74, 6) is 1.54. The number of aromatic nitrogens is 2. The largest absolute Gasteiger partial charge is 0.497 e. The number of rotatable bonds is 10. The van der Waals surface area contributed by atoms with Gasteiger partial charge in [-0.2, -0.15) is 4.98 Å². The number of hydrogen-bond acceptors (Lipinski definition) is 7. The van der Waals surface area contributed by atoms with Crippen LogP contribution >= 0.6 is 11.5 Å². The second kappa shape index (κ2) is 9.75. The van der Waals surface area contributed by atoms with Crippen molar-refractivity contribution in [2.45, 2.75) is 44.2 Å². The molecule has 2 atom stereocenters. The maximum absolute atomic E-state index is 6.64. The normalized spacial score (nSPS) is 18.8. The van der Waals surface area contributed by atoms with Gasteiger partial charge in [-0.05, 0) is 61.5 Å². The number of methoxy groups -OCH3 is 2. The number of aryl methyl sites for hydroxylation is 1.